The first-order valence-electron chi connectivity index (χ1n) is 12.1. The molecule has 0 saturated carbocycles. The van der Waals surface area contributed by atoms with E-state index in [-0.39, 0.29) is 17.8 Å². The first-order chi connectivity index (χ1) is 17.0. The van der Waals surface area contributed by atoms with Crippen molar-refractivity contribution in [1.82, 2.24) is 15.1 Å². The van der Waals surface area contributed by atoms with E-state index in [0.29, 0.717) is 61.2 Å². The summed E-state index contributed by atoms with van der Waals surface area (Å²) in [5.41, 5.74) is 3.19. The normalized spacial score (nSPS) is 15.1. The minimum atomic E-state index is -0.403. The number of H-pyrrole nitrogens is 1. The van der Waals surface area contributed by atoms with Crippen LogP contribution in [0.4, 0.5) is 0 Å². The molecule has 3 aromatic rings. The summed E-state index contributed by atoms with van der Waals surface area (Å²) in [6.45, 7) is 9.91. The van der Waals surface area contributed by atoms with Gasteiger partial charge in [0.1, 0.15) is 17.1 Å². The lowest BCUT2D eigenvalue weighted by Gasteiger charge is -2.27. The number of aromatic hydroxyl groups is 1. The van der Waals surface area contributed by atoms with E-state index < -0.39 is 6.04 Å². The van der Waals surface area contributed by atoms with Crippen LogP contribution in [0.1, 0.15) is 61.8 Å². The van der Waals surface area contributed by atoms with Gasteiger partial charge in [0, 0.05) is 24.3 Å². The highest BCUT2D eigenvalue weighted by Gasteiger charge is 2.42. The molecule has 8 heteroatoms. The highest BCUT2D eigenvalue weighted by atomic mass is 16.5. The number of phenols is 1. The van der Waals surface area contributed by atoms with E-state index >= 15 is 0 Å². The van der Waals surface area contributed by atoms with Crippen molar-refractivity contribution in [2.45, 2.75) is 46.3 Å². The van der Waals surface area contributed by atoms with E-state index in [1.807, 2.05) is 56.9 Å². The Bertz CT molecular complexity index is 1170. The van der Waals surface area contributed by atoms with Crippen molar-refractivity contribution in [2.75, 3.05) is 26.4 Å². The second kappa shape index (κ2) is 10.8. The lowest BCUT2D eigenvalue weighted by atomic mass is 9.95. The molecule has 35 heavy (non-hydrogen) atoms. The zero-order valence-corrected chi connectivity index (χ0v) is 20.7. The number of fused-ring (bicyclic) bond motifs is 1. The molecule has 4 rings (SSSR count). The molecule has 8 nitrogen and oxygen atoms in total. The van der Waals surface area contributed by atoms with Crippen molar-refractivity contribution in [3.63, 3.8) is 0 Å². The van der Waals surface area contributed by atoms with Gasteiger partial charge in [-0.25, -0.2) is 0 Å². The Kier molecular flexibility index (Phi) is 7.60. The molecular weight excluding hydrogens is 446 g/mol. The number of benzene rings is 2. The van der Waals surface area contributed by atoms with Crippen LogP contribution in [0.3, 0.4) is 0 Å². The maximum atomic E-state index is 13.5. The predicted molar refractivity (Wildman–Crippen MR) is 133 cm³/mol. The van der Waals surface area contributed by atoms with Gasteiger partial charge in [-0.1, -0.05) is 18.2 Å². The summed E-state index contributed by atoms with van der Waals surface area (Å²) in [6.07, 6.45) is 0.823. The number of amides is 1. The number of carbonyl (C=O) groups is 1. The van der Waals surface area contributed by atoms with E-state index in [1.165, 1.54) is 0 Å². The monoisotopic (exact) mass is 479 g/mol. The van der Waals surface area contributed by atoms with Gasteiger partial charge in [0.25, 0.3) is 5.91 Å². The van der Waals surface area contributed by atoms with Crippen LogP contribution < -0.4 is 9.47 Å². The molecular formula is C27H33N3O5. The molecule has 1 aromatic heterocycles. The summed E-state index contributed by atoms with van der Waals surface area (Å²) in [7, 11) is 0. The minimum absolute atomic E-state index is 0.110. The molecule has 2 N–H and O–H groups in total. The first kappa shape index (κ1) is 24.6. The third-order valence-corrected chi connectivity index (χ3v) is 5.90. The molecule has 0 bridgehead atoms. The summed E-state index contributed by atoms with van der Waals surface area (Å²) in [4.78, 5) is 15.3. The zero-order valence-electron chi connectivity index (χ0n) is 20.7. The Morgan fingerprint density at radius 3 is 2.54 bits per heavy atom. The molecule has 2 aromatic carbocycles. The Balaban J connectivity index is 1.79. The van der Waals surface area contributed by atoms with Crippen molar-refractivity contribution in [3.8, 4) is 28.5 Å². The third-order valence-electron chi connectivity index (χ3n) is 5.90. The van der Waals surface area contributed by atoms with E-state index in [2.05, 4.69) is 10.2 Å². The van der Waals surface area contributed by atoms with Crippen molar-refractivity contribution in [1.29, 1.82) is 0 Å². The molecule has 2 heterocycles. The van der Waals surface area contributed by atoms with Gasteiger partial charge in [-0.05, 0) is 63.9 Å². The number of nitrogens with zero attached hydrogens (tertiary/aromatic N) is 2. The van der Waals surface area contributed by atoms with Gasteiger partial charge in [-0.3, -0.25) is 9.89 Å². The van der Waals surface area contributed by atoms with Crippen molar-refractivity contribution < 1.29 is 24.1 Å². The molecule has 0 saturated heterocycles. The summed E-state index contributed by atoms with van der Waals surface area (Å²) in [5, 5.41) is 17.9. The quantitative estimate of drug-likeness (QED) is 0.378. The van der Waals surface area contributed by atoms with Crippen LogP contribution in [-0.4, -0.2) is 58.6 Å². The molecule has 186 valence electrons. The highest BCUT2D eigenvalue weighted by molar-refractivity contribution is 6.00. The number of rotatable bonds is 11. The number of aromatic nitrogens is 2. The van der Waals surface area contributed by atoms with Crippen LogP contribution in [0.2, 0.25) is 0 Å². The van der Waals surface area contributed by atoms with Crippen molar-refractivity contribution >= 4 is 5.91 Å². The topological polar surface area (TPSA) is 96.9 Å². The van der Waals surface area contributed by atoms with E-state index in [0.717, 1.165) is 11.1 Å². The van der Waals surface area contributed by atoms with Crippen molar-refractivity contribution in [3.05, 3.63) is 59.3 Å². The number of hydrogen-bond acceptors (Lipinski definition) is 6. The summed E-state index contributed by atoms with van der Waals surface area (Å²) in [5.74, 6) is 1.27. The summed E-state index contributed by atoms with van der Waals surface area (Å²) >= 11 is 0. The van der Waals surface area contributed by atoms with E-state index in [1.54, 1.807) is 18.2 Å². The predicted octanol–water partition coefficient (Wildman–Crippen LogP) is 4.94. The molecule has 0 fully saturated rings. The number of hydrogen-bond donors (Lipinski definition) is 2. The second-order valence-corrected chi connectivity index (χ2v) is 8.62. The smallest absolute Gasteiger partial charge is 0.273 e. The number of ether oxygens (including phenoxy) is 3. The largest absolute Gasteiger partial charge is 0.507 e. The highest BCUT2D eigenvalue weighted by Crippen LogP contribution is 2.45. The number of carbonyl (C=O) groups excluding carboxylic acids is 1. The average molecular weight is 480 g/mol. The van der Waals surface area contributed by atoms with E-state index in [9.17, 15) is 9.90 Å². The van der Waals surface area contributed by atoms with Gasteiger partial charge >= 0.3 is 0 Å². The van der Waals surface area contributed by atoms with Gasteiger partial charge < -0.3 is 24.2 Å². The minimum Gasteiger partial charge on any atom is -0.507 e. The maximum absolute atomic E-state index is 13.5. The molecule has 0 unspecified atom stereocenters. The van der Waals surface area contributed by atoms with Gasteiger partial charge in [0.2, 0.25) is 0 Å². The standard InChI is InChI=1S/C27H33N3O5/c1-5-33-21-13-12-18(16-22(21)34-6-2)26-23-24(19-10-7-8-11-20(19)31)28-29-25(23)27(32)30(26)14-9-15-35-17(3)4/h7-8,10-13,16-17,26,31H,5-6,9,14-15H2,1-4H3,(H,28,29)/t26-/m0/s1. The number of aromatic amines is 1. The van der Waals surface area contributed by atoms with Gasteiger partial charge in [0.15, 0.2) is 11.5 Å². The molecule has 0 aliphatic carbocycles. The lowest BCUT2D eigenvalue weighted by Crippen LogP contribution is -2.31. The summed E-state index contributed by atoms with van der Waals surface area (Å²) < 4.78 is 17.3. The molecule has 1 aliphatic rings. The second-order valence-electron chi connectivity index (χ2n) is 8.62. The Hall–Kier alpha value is -3.52. The Morgan fingerprint density at radius 1 is 1.09 bits per heavy atom. The maximum Gasteiger partial charge on any atom is 0.273 e. The molecule has 1 aliphatic heterocycles. The molecule has 0 radical (unpaired) electrons. The van der Waals surface area contributed by atoms with Crippen molar-refractivity contribution in [2.24, 2.45) is 0 Å². The van der Waals surface area contributed by atoms with Crippen LogP contribution in [0, 0.1) is 0 Å². The van der Waals surface area contributed by atoms with Crippen LogP contribution in [-0.2, 0) is 4.74 Å². The van der Waals surface area contributed by atoms with Crippen LogP contribution in [0.25, 0.3) is 11.3 Å². The SMILES string of the molecule is CCOc1ccc([C@H]2c3c(-c4ccccc4O)n[nH]c3C(=O)N2CCCOC(C)C)cc1OCC. The van der Waals surface area contributed by atoms with Gasteiger partial charge in [-0.15, -0.1) is 0 Å². The number of nitrogens with one attached hydrogen (secondary N) is 1. The Morgan fingerprint density at radius 2 is 1.83 bits per heavy atom. The molecule has 1 amide bonds. The van der Waals surface area contributed by atoms with Gasteiger partial charge in [-0.2, -0.15) is 5.10 Å². The first-order valence-corrected chi connectivity index (χ1v) is 12.1. The zero-order chi connectivity index (χ0) is 24.9. The lowest BCUT2D eigenvalue weighted by molar-refractivity contribution is 0.0601. The molecule has 0 spiro atoms. The van der Waals surface area contributed by atoms with E-state index in [4.69, 9.17) is 14.2 Å². The number of phenolic OH excluding ortho intramolecular Hbond substituents is 1. The Labute approximate surface area is 205 Å². The fraction of sp³-hybridized carbons (Fsp3) is 0.407. The molecule has 1 atom stereocenters. The number of para-hydroxylation sites is 1. The fourth-order valence-corrected chi connectivity index (χ4v) is 4.44. The van der Waals surface area contributed by atoms with Crippen LogP contribution >= 0.6 is 0 Å². The summed E-state index contributed by atoms with van der Waals surface area (Å²) in [6, 6.07) is 12.4. The van der Waals surface area contributed by atoms with Gasteiger partial charge in [0.05, 0.1) is 25.4 Å². The third kappa shape index (κ3) is 4.98. The van der Waals surface area contributed by atoms with Crippen LogP contribution in [0.15, 0.2) is 42.5 Å². The fourth-order valence-electron chi connectivity index (χ4n) is 4.44. The average Bonchev–Trinajstić information content (AvgIpc) is 3.37. The van der Waals surface area contributed by atoms with Crippen LogP contribution in [0.5, 0.6) is 17.2 Å².